The summed E-state index contributed by atoms with van der Waals surface area (Å²) in [7, 11) is 4.14. The number of hydrogen-bond acceptors (Lipinski definition) is 7. The maximum atomic E-state index is 13.0. The van der Waals surface area contributed by atoms with Gasteiger partial charge in [-0.05, 0) is 81.4 Å². The fraction of sp³-hybridized carbons (Fsp3) is 0.500. The highest BCUT2D eigenvalue weighted by Gasteiger charge is 2.51. The number of rotatable bonds is 6. The molecule has 37 heavy (non-hydrogen) atoms. The summed E-state index contributed by atoms with van der Waals surface area (Å²) in [6.07, 6.45) is 6.56. The van der Waals surface area contributed by atoms with Crippen LogP contribution >= 0.6 is 0 Å². The van der Waals surface area contributed by atoms with E-state index in [9.17, 15) is 4.79 Å². The number of amides is 1. The molecule has 1 spiro atoms. The van der Waals surface area contributed by atoms with E-state index in [-0.39, 0.29) is 11.4 Å². The van der Waals surface area contributed by atoms with E-state index in [1.54, 1.807) is 0 Å². The van der Waals surface area contributed by atoms with Crippen LogP contribution in [-0.2, 0) is 29.8 Å². The Labute approximate surface area is 216 Å². The Balaban J connectivity index is 1.24. The molecule has 4 aliphatic rings. The Morgan fingerprint density at radius 3 is 2.76 bits per heavy atom. The molecule has 1 aromatic carbocycles. The van der Waals surface area contributed by atoms with Gasteiger partial charge in [-0.25, -0.2) is 4.98 Å². The van der Waals surface area contributed by atoms with E-state index >= 15 is 0 Å². The van der Waals surface area contributed by atoms with E-state index < -0.39 is 0 Å². The van der Waals surface area contributed by atoms with Crippen LogP contribution in [-0.4, -0.2) is 57.9 Å². The molecule has 5 heterocycles. The second-order valence-electron chi connectivity index (χ2n) is 11.2. The molecule has 3 aromatic rings. The second kappa shape index (κ2) is 8.63. The van der Waals surface area contributed by atoms with Crippen molar-refractivity contribution >= 4 is 17.4 Å². The maximum Gasteiger partial charge on any atom is 0.254 e. The third kappa shape index (κ3) is 3.83. The van der Waals surface area contributed by atoms with Crippen LogP contribution < -0.4 is 10.6 Å². The maximum absolute atomic E-state index is 13.0. The van der Waals surface area contributed by atoms with Crippen LogP contribution in [0.5, 0.6) is 0 Å². The molecule has 2 aromatic heterocycles. The Kier molecular flexibility index (Phi) is 5.33. The zero-order valence-corrected chi connectivity index (χ0v) is 21.5. The van der Waals surface area contributed by atoms with Gasteiger partial charge in [-0.15, -0.1) is 10.2 Å². The lowest BCUT2D eigenvalue weighted by Gasteiger charge is -2.25. The molecule has 9 heteroatoms. The van der Waals surface area contributed by atoms with Crippen molar-refractivity contribution in [2.45, 2.75) is 63.1 Å². The number of nitrogens with one attached hydrogen (secondary N) is 2. The van der Waals surface area contributed by atoms with E-state index in [2.05, 4.69) is 56.5 Å². The van der Waals surface area contributed by atoms with Gasteiger partial charge in [0.05, 0.1) is 16.9 Å². The molecule has 1 saturated carbocycles. The van der Waals surface area contributed by atoms with Crippen LogP contribution in [0.1, 0.15) is 71.0 Å². The predicted octanol–water partition coefficient (Wildman–Crippen LogP) is 3.72. The lowest BCUT2D eigenvalue weighted by atomic mass is 9.90. The molecule has 2 N–H and O–H groups in total. The summed E-state index contributed by atoms with van der Waals surface area (Å²) in [6.45, 7) is 2.86. The molecular weight excluding hydrogens is 466 g/mol. The molecule has 1 amide bonds. The van der Waals surface area contributed by atoms with E-state index in [4.69, 9.17) is 9.72 Å². The summed E-state index contributed by atoms with van der Waals surface area (Å²) in [6, 6.07) is 8.33. The van der Waals surface area contributed by atoms with Crippen molar-refractivity contribution in [3.8, 4) is 11.4 Å². The Morgan fingerprint density at radius 2 is 1.97 bits per heavy atom. The first kappa shape index (κ1) is 22.9. The Bertz CT molecular complexity index is 1390. The van der Waals surface area contributed by atoms with E-state index in [1.165, 1.54) is 18.4 Å². The van der Waals surface area contributed by atoms with E-state index in [0.717, 1.165) is 85.4 Å². The SMILES string of the molecule is CN(C)Cc1nc(Nc2ccc(-c3nnc4n3C3(CC4)CC3)c3c2C(=O)NC3)ccc1C1CCOCC1. The summed E-state index contributed by atoms with van der Waals surface area (Å²) >= 11 is 0. The fourth-order valence-corrected chi connectivity index (χ4v) is 6.41. The summed E-state index contributed by atoms with van der Waals surface area (Å²) in [5.41, 5.74) is 6.03. The quantitative estimate of drug-likeness (QED) is 0.534. The van der Waals surface area contributed by atoms with Crippen molar-refractivity contribution in [1.82, 2.24) is 30.0 Å². The molecule has 0 bridgehead atoms. The molecule has 1 saturated heterocycles. The van der Waals surface area contributed by atoms with E-state index in [1.807, 2.05) is 12.1 Å². The van der Waals surface area contributed by atoms with Gasteiger partial charge in [-0.3, -0.25) is 4.79 Å². The number of aryl methyl sites for hydroxylation is 1. The molecule has 192 valence electrons. The van der Waals surface area contributed by atoms with Gasteiger partial charge in [-0.1, -0.05) is 6.07 Å². The average molecular weight is 500 g/mol. The minimum atomic E-state index is -0.0611. The molecule has 0 radical (unpaired) electrons. The summed E-state index contributed by atoms with van der Waals surface area (Å²) in [5.74, 6) is 3.13. The summed E-state index contributed by atoms with van der Waals surface area (Å²) in [5, 5.41) is 15.6. The number of carbonyl (C=O) groups excluding carboxylic acids is 1. The first-order valence-electron chi connectivity index (χ1n) is 13.4. The number of benzene rings is 1. The molecule has 1 aliphatic carbocycles. The van der Waals surface area contributed by atoms with Gasteiger partial charge in [0.25, 0.3) is 5.91 Å². The number of carbonyl (C=O) groups is 1. The van der Waals surface area contributed by atoms with Crippen molar-refractivity contribution < 1.29 is 9.53 Å². The third-order valence-electron chi connectivity index (χ3n) is 8.45. The largest absolute Gasteiger partial charge is 0.381 e. The average Bonchev–Trinajstić information content (AvgIpc) is 3.19. The highest BCUT2D eigenvalue weighted by Crippen LogP contribution is 2.53. The number of aromatic nitrogens is 4. The topological polar surface area (TPSA) is 97.2 Å². The minimum absolute atomic E-state index is 0.0611. The number of nitrogens with zero attached hydrogens (tertiary/aromatic N) is 5. The number of hydrogen-bond donors (Lipinski definition) is 2. The van der Waals surface area contributed by atoms with Gasteiger partial charge in [0.2, 0.25) is 0 Å². The smallest absolute Gasteiger partial charge is 0.254 e. The van der Waals surface area contributed by atoms with Gasteiger partial charge in [0, 0.05) is 43.8 Å². The third-order valence-corrected chi connectivity index (χ3v) is 8.45. The van der Waals surface area contributed by atoms with Crippen molar-refractivity contribution in [2.24, 2.45) is 0 Å². The van der Waals surface area contributed by atoms with Crippen LogP contribution in [0, 0.1) is 0 Å². The van der Waals surface area contributed by atoms with Crippen LogP contribution in [0.2, 0.25) is 0 Å². The lowest BCUT2D eigenvalue weighted by Crippen LogP contribution is -2.20. The Hall–Kier alpha value is -3.30. The number of pyridine rings is 1. The number of ether oxygens (including phenoxy) is 1. The monoisotopic (exact) mass is 499 g/mol. The zero-order valence-electron chi connectivity index (χ0n) is 21.5. The second-order valence-corrected chi connectivity index (χ2v) is 11.2. The fourth-order valence-electron chi connectivity index (χ4n) is 6.41. The molecule has 0 unspecified atom stereocenters. The Morgan fingerprint density at radius 1 is 1.14 bits per heavy atom. The molecule has 7 rings (SSSR count). The summed E-state index contributed by atoms with van der Waals surface area (Å²) in [4.78, 5) is 20.2. The lowest BCUT2D eigenvalue weighted by molar-refractivity contribution is 0.0849. The van der Waals surface area contributed by atoms with E-state index in [0.29, 0.717) is 18.0 Å². The van der Waals surface area contributed by atoms with Crippen molar-refractivity contribution in [1.29, 1.82) is 0 Å². The summed E-state index contributed by atoms with van der Waals surface area (Å²) < 4.78 is 7.93. The number of fused-ring (bicyclic) bond motifs is 3. The molecular formula is C28H33N7O2. The predicted molar refractivity (Wildman–Crippen MR) is 140 cm³/mol. The van der Waals surface area contributed by atoms with Crippen LogP contribution in [0.3, 0.4) is 0 Å². The molecule has 2 fully saturated rings. The standard InChI is InChI=1S/C28H33N7O2/c1-34(2)16-22-18(17-8-13-37-14-9-17)4-6-23(31-22)30-21-5-3-19(20-15-29-27(36)25(20)21)26-33-32-24-7-10-28(11-12-28)35(24)26/h3-6,17H,7-16H2,1-2H3,(H,29,36)(H,30,31). The number of anilines is 2. The normalized spacial score (nSPS) is 19.8. The van der Waals surface area contributed by atoms with Gasteiger partial charge in [0.1, 0.15) is 11.6 Å². The van der Waals surface area contributed by atoms with Crippen molar-refractivity contribution in [3.05, 3.63) is 52.5 Å². The minimum Gasteiger partial charge on any atom is -0.381 e. The van der Waals surface area contributed by atoms with Gasteiger partial charge >= 0.3 is 0 Å². The molecule has 0 atom stereocenters. The molecule has 9 nitrogen and oxygen atoms in total. The van der Waals surface area contributed by atoms with Crippen molar-refractivity contribution in [2.75, 3.05) is 32.6 Å². The highest BCUT2D eigenvalue weighted by molar-refractivity contribution is 6.05. The molecule has 3 aliphatic heterocycles. The first-order valence-corrected chi connectivity index (χ1v) is 13.4. The highest BCUT2D eigenvalue weighted by atomic mass is 16.5. The first-order chi connectivity index (χ1) is 18.0. The zero-order chi connectivity index (χ0) is 25.1. The van der Waals surface area contributed by atoms with Crippen LogP contribution in [0.25, 0.3) is 11.4 Å². The van der Waals surface area contributed by atoms with Crippen molar-refractivity contribution in [3.63, 3.8) is 0 Å². The van der Waals surface area contributed by atoms with Crippen LogP contribution in [0.4, 0.5) is 11.5 Å². The van der Waals surface area contributed by atoms with Gasteiger partial charge in [0.15, 0.2) is 5.82 Å². The van der Waals surface area contributed by atoms with Gasteiger partial charge in [-0.2, -0.15) is 0 Å². The van der Waals surface area contributed by atoms with Crippen LogP contribution in [0.15, 0.2) is 24.3 Å². The van der Waals surface area contributed by atoms with Gasteiger partial charge < -0.3 is 24.8 Å².